The molecular formula is C19H21NO3S. The van der Waals surface area contributed by atoms with Crippen LogP contribution < -0.4 is 0 Å². The summed E-state index contributed by atoms with van der Waals surface area (Å²) in [6, 6.07) is 19.0. The average molecular weight is 343 g/mol. The number of sulfonamides is 1. The Hall–Kier alpha value is -1.98. The number of rotatable bonds is 4. The predicted octanol–water partition coefficient (Wildman–Crippen LogP) is 2.86. The Morgan fingerprint density at radius 2 is 1.42 bits per heavy atom. The Kier molecular flexibility index (Phi) is 4.56. The smallest absolute Gasteiger partial charge is 0.211 e. The standard InChI is InChI=1S/C19H21NO3S/c1-24(22,23)20-14-12-19(13-15-20,17-10-6-3-7-11-17)18(21)16-8-4-2-5-9-16/h2-11H,12-15H2,1H3. The lowest BCUT2D eigenvalue weighted by Crippen LogP contribution is -2.48. The van der Waals surface area contributed by atoms with Crippen LogP contribution in [0.5, 0.6) is 0 Å². The number of piperidine rings is 1. The number of benzene rings is 2. The van der Waals surface area contributed by atoms with Crippen LogP contribution in [0.4, 0.5) is 0 Å². The minimum Gasteiger partial charge on any atom is -0.293 e. The maximum Gasteiger partial charge on any atom is 0.211 e. The molecule has 1 heterocycles. The van der Waals surface area contributed by atoms with Crippen molar-refractivity contribution in [2.24, 2.45) is 0 Å². The number of hydrogen-bond donors (Lipinski definition) is 0. The van der Waals surface area contributed by atoms with Gasteiger partial charge < -0.3 is 0 Å². The van der Waals surface area contributed by atoms with Crippen LogP contribution in [0.15, 0.2) is 60.7 Å². The predicted molar refractivity (Wildman–Crippen MR) is 94.5 cm³/mol. The minimum absolute atomic E-state index is 0.0717. The second-order valence-corrected chi connectivity index (χ2v) is 8.29. The van der Waals surface area contributed by atoms with Crippen molar-refractivity contribution in [2.75, 3.05) is 19.3 Å². The Bertz CT molecular complexity index is 808. The maximum atomic E-state index is 13.3. The number of Topliss-reactive ketones (excluding diaryl/α,β-unsaturated/α-hetero) is 1. The Labute approximate surface area is 143 Å². The van der Waals surface area contributed by atoms with Gasteiger partial charge in [0.2, 0.25) is 10.0 Å². The molecule has 0 radical (unpaired) electrons. The molecule has 1 aliphatic heterocycles. The molecule has 5 heteroatoms. The topological polar surface area (TPSA) is 54.5 Å². The molecule has 0 N–H and O–H groups in total. The third kappa shape index (κ3) is 3.14. The van der Waals surface area contributed by atoms with E-state index in [2.05, 4.69) is 0 Å². The second-order valence-electron chi connectivity index (χ2n) is 6.31. The summed E-state index contributed by atoms with van der Waals surface area (Å²) in [5, 5.41) is 0. The first-order valence-electron chi connectivity index (χ1n) is 8.04. The number of hydrogen-bond acceptors (Lipinski definition) is 3. The van der Waals surface area contributed by atoms with Crippen molar-refractivity contribution < 1.29 is 13.2 Å². The summed E-state index contributed by atoms with van der Waals surface area (Å²) in [7, 11) is -3.23. The molecule has 0 unspecified atom stereocenters. The van der Waals surface area contributed by atoms with E-state index in [1.807, 2.05) is 60.7 Å². The highest BCUT2D eigenvalue weighted by atomic mass is 32.2. The van der Waals surface area contributed by atoms with Crippen LogP contribution in [0.3, 0.4) is 0 Å². The van der Waals surface area contributed by atoms with Crippen molar-refractivity contribution in [3.8, 4) is 0 Å². The van der Waals surface area contributed by atoms with Gasteiger partial charge in [-0.2, -0.15) is 0 Å². The normalized spacial score (nSPS) is 18.2. The van der Waals surface area contributed by atoms with Gasteiger partial charge in [-0.3, -0.25) is 4.79 Å². The van der Waals surface area contributed by atoms with E-state index in [-0.39, 0.29) is 5.78 Å². The van der Waals surface area contributed by atoms with Gasteiger partial charge in [0.25, 0.3) is 0 Å². The van der Waals surface area contributed by atoms with Gasteiger partial charge in [0, 0.05) is 18.7 Å². The van der Waals surface area contributed by atoms with Crippen LogP contribution in [0.25, 0.3) is 0 Å². The van der Waals surface area contributed by atoms with Gasteiger partial charge in [0.1, 0.15) is 0 Å². The first-order valence-corrected chi connectivity index (χ1v) is 9.89. The molecular weight excluding hydrogens is 322 g/mol. The highest BCUT2D eigenvalue weighted by Gasteiger charge is 2.44. The highest BCUT2D eigenvalue weighted by molar-refractivity contribution is 7.88. The van der Waals surface area contributed by atoms with Crippen LogP contribution in [-0.4, -0.2) is 37.9 Å². The second kappa shape index (κ2) is 6.49. The largest absolute Gasteiger partial charge is 0.293 e. The zero-order chi connectivity index (χ0) is 17.2. The molecule has 0 spiro atoms. The molecule has 3 rings (SSSR count). The molecule has 1 fully saturated rings. The summed E-state index contributed by atoms with van der Waals surface area (Å²) in [5.41, 5.74) is 0.977. The molecule has 0 aliphatic carbocycles. The molecule has 4 nitrogen and oxygen atoms in total. The molecule has 24 heavy (non-hydrogen) atoms. The lowest BCUT2D eigenvalue weighted by Gasteiger charge is -2.40. The van der Waals surface area contributed by atoms with Crippen molar-refractivity contribution in [3.05, 3.63) is 71.8 Å². The van der Waals surface area contributed by atoms with Crippen molar-refractivity contribution in [1.29, 1.82) is 0 Å². The lowest BCUT2D eigenvalue weighted by molar-refractivity contribution is 0.0820. The van der Waals surface area contributed by atoms with E-state index in [4.69, 9.17) is 0 Å². The fourth-order valence-electron chi connectivity index (χ4n) is 3.47. The van der Waals surface area contributed by atoms with Gasteiger partial charge in [0.05, 0.1) is 11.7 Å². The van der Waals surface area contributed by atoms with Crippen LogP contribution in [-0.2, 0) is 15.4 Å². The van der Waals surface area contributed by atoms with Crippen LogP contribution in [0.1, 0.15) is 28.8 Å². The van der Waals surface area contributed by atoms with E-state index >= 15 is 0 Å². The summed E-state index contributed by atoms with van der Waals surface area (Å²) in [5.74, 6) is 0.0717. The molecule has 0 amide bonds. The van der Waals surface area contributed by atoms with Crippen LogP contribution in [0, 0.1) is 0 Å². The van der Waals surface area contributed by atoms with Gasteiger partial charge in [-0.15, -0.1) is 0 Å². The fourth-order valence-corrected chi connectivity index (χ4v) is 4.32. The van der Waals surface area contributed by atoms with Gasteiger partial charge in [-0.1, -0.05) is 60.7 Å². The zero-order valence-electron chi connectivity index (χ0n) is 13.7. The third-order valence-corrected chi connectivity index (χ3v) is 6.15. The third-order valence-electron chi connectivity index (χ3n) is 4.84. The first kappa shape index (κ1) is 16.9. The van der Waals surface area contributed by atoms with Crippen molar-refractivity contribution >= 4 is 15.8 Å². The van der Waals surface area contributed by atoms with E-state index in [0.29, 0.717) is 31.5 Å². The summed E-state index contributed by atoms with van der Waals surface area (Å²) < 4.78 is 25.1. The van der Waals surface area contributed by atoms with E-state index < -0.39 is 15.4 Å². The first-order chi connectivity index (χ1) is 11.4. The van der Waals surface area contributed by atoms with Gasteiger partial charge in [-0.05, 0) is 18.4 Å². The monoisotopic (exact) mass is 343 g/mol. The van der Waals surface area contributed by atoms with Gasteiger partial charge >= 0.3 is 0 Å². The molecule has 2 aromatic carbocycles. The molecule has 1 saturated heterocycles. The molecule has 0 atom stereocenters. The SMILES string of the molecule is CS(=O)(=O)N1CCC(C(=O)c2ccccc2)(c2ccccc2)CC1. The number of nitrogens with zero attached hydrogens (tertiary/aromatic N) is 1. The van der Waals surface area contributed by atoms with Gasteiger partial charge in [0.15, 0.2) is 5.78 Å². The van der Waals surface area contributed by atoms with E-state index in [9.17, 15) is 13.2 Å². The highest BCUT2D eigenvalue weighted by Crippen LogP contribution is 2.39. The molecule has 2 aromatic rings. The van der Waals surface area contributed by atoms with Crippen molar-refractivity contribution in [3.63, 3.8) is 0 Å². The number of carbonyl (C=O) groups excluding carboxylic acids is 1. The van der Waals surface area contributed by atoms with Crippen LogP contribution >= 0.6 is 0 Å². The molecule has 0 aromatic heterocycles. The Morgan fingerprint density at radius 3 is 1.92 bits per heavy atom. The summed E-state index contributed by atoms with van der Waals surface area (Å²) in [4.78, 5) is 13.3. The zero-order valence-corrected chi connectivity index (χ0v) is 14.5. The molecule has 126 valence electrons. The van der Waals surface area contributed by atoms with Crippen LogP contribution in [0.2, 0.25) is 0 Å². The Morgan fingerprint density at radius 1 is 0.917 bits per heavy atom. The fraction of sp³-hybridized carbons (Fsp3) is 0.316. The van der Waals surface area contributed by atoms with E-state index in [0.717, 1.165) is 5.56 Å². The maximum absolute atomic E-state index is 13.3. The summed E-state index contributed by atoms with van der Waals surface area (Å²) in [6.07, 6.45) is 2.22. The average Bonchev–Trinajstić information content (AvgIpc) is 2.62. The minimum atomic E-state index is -3.23. The van der Waals surface area contributed by atoms with E-state index in [1.165, 1.54) is 10.6 Å². The summed E-state index contributed by atoms with van der Waals surface area (Å²) >= 11 is 0. The Balaban J connectivity index is 2.00. The number of carbonyl (C=O) groups is 1. The van der Waals surface area contributed by atoms with Crippen molar-refractivity contribution in [2.45, 2.75) is 18.3 Å². The molecule has 1 aliphatic rings. The van der Waals surface area contributed by atoms with Gasteiger partial charge in [-0.25, -0.2) is 12.7 Å². The number of ketones is 1. The van der Waals surface area contributed by atoms with Crippen molar-refractivity contribution in [1.82, 2.24) is 4.31 Å². The lowest BCUT2D eigenvalue weighted by atomic mass is 9.68. The molecule has 0 saturated carbocycles. The summed E-state index contributed by atoms with van der Waals surface area (Å²) in [6.45, 7) is 0.735. The molecule has 0 bridgehead atoms. The van der Waals surface area contributed by atoms with E-state index in [1.54, 1.807) is 0 Å². The quantitative estimate of drug-likeness (QED) is 0.802.